The smallest absolute Gasteiger partial charge is 0.313 e. The van der Waals surface area contributed by atoms with Gasteiger partial charge in [0.15, 0.2) is 0 Å². The molecule has 0 aromatic heterocycles. The summed E-state index contributed by atoms with van der Waals surface area (Å²) in [5, 5.41) is 4.52. The molecule has 124 valence electrons. The van der Waals surface area contributed by atoms with E-state index in [-0.39, 0.29) is 18.6 Å². The van der Waals surface area contributed by atoms with Crippen molar-refractivity contribution in [1.82, 2.24) is 0 Å². The molecule has 3 heteroatoms. The van der Waals surface area contributed by atoms with E-state index in [4.69, 9.17) is 10.5 Å². The first-order valence-corrected chi connectivity index (χ1v) is 8.23. The molecule has 0 saturated heterocycles. The number of esters is 1. The molecular formula is C21H23NO2. The van der Waals surface area contributed by atoms with E-state index in [9.17, 15) is 4.79 Å². The minimum atomic E-state index is -0.708. The maximum Gasteiger partial charge on any atom is 0.313 e. The largest absolute Gasteiger partial charge is 0.460 e. The van der Waals surface area contributed by atoms with E-state index in [0.29, 0.717) is 0 Å². The summed E-state index contributed by atoms with van der Waals surface area (Å²) in [6, 6.07) is 18.3. The van der Waals surface area contributed by atoms with Crippen LogP contribution < -0.4 is 5.73 Å². The molecule has 0 radical (unpaired) electrons. The zero-order valence-corrected chi connectivity index (χ0v) is 14.4. The molecule has 0 amide bonds. The van der Waals surface area contributed by atoms with Gasteiger partial charge in [-0.25, -0.2) is 0 Å². The third kappa shape index (κ3) is 2.87. The van der Waals surface area contributed by atoms with Crippen molar-refractivity contribution in [2.24, 2.45) is 11.1 Å². The monoisotopic (exact) mass is 321 g/mol. The number of benzene rings is 3. The van der Waals surface area contributed by atoms with Gasteiger partial charge in [0.2, 0.25) is 0 Å². The maximum atomic E-state index is 12.4. The molecule has 0 fully saturated rings. The molecule has 0 saturated carbocycles. The Morgan fingerprint density at radius 3 is 2.04 bits per heavy atom. The maximum absolute atomic E-state index is 12.4. The quantitative estimate of drug-likeness (QED) is 0.572. The average Bonchev–Trinajstić information content (AvgIpc) is 2.58. The summed E-state index contributed by atoms with van der Waals surface area (Å²) < 4.78 is 5.65. The van der Waals surface area contributed by atoms with E-state index < -0.39 is 5.41 Å². The van der Waals surface area contributed by atoms with Crippen molar-refractivity contribution in [1.29, 1.82) is 0 Å². The predicted octanol–water partition coefficient (Wildman–Crippen LogP) is 4.41. The van der Waals surface area contributed by atoms with Gasteiger partial charge in [0.05, 0.1) is 5.41 Å². The molecule has 3 rings (SSSR count). The van der Waals surface area contributed by atoms with Crippen molar-refractivity contribution < 1.29 is 9.53 Å². The summed E-state index contributed by atoms with van der Waals surface area (Å²) in [6.07, 6.45) is 0. The lowest BCUT2D eigenvalue weighted by Crippen LogP contribution is -2.42. The zero-order chi connectivity index (χ0) is 17.3. The summed E-state index contributed by atoms with van der Waals surface area (Å²) in [7, 11) is 0. The first-order chi connectivity index (χ1) is 11.4. The molecule has 0 aliphatic heterocycles. The van der Waals surface area contributed by atoms with E-state index in [0.717, 1.165) is 27.1 Å². The molecule has 0 aliphatic carbocycles. The Morgan fingerprint density at radius 1 is 1.04 bits per heavy atom. The highest BCUT2D eigenvalue weighted by atomic mass is 16.5. The van der Waals surface area contributed by atoms with Gasteiger partial charge in [-0.2, -0.15) is 0 Å². The minimum absolute atomic E-state index is 0.247. The molecule has 24 heavy (non-hydrogen) atoms. The first kappa shape index (κ1) is 16.5. The number of hydrogen-bond donors (Lipinski definition) is 1. The number of nitrogens with two attached hydrogens (primary N) is 1. The van der Waals surface area contributed by atoms with Crippen molar-refractivity contribution >= 4 is 27.5 Å². The highest BCUT2D eigenvalue weighted by Gasteiger charge is 2.33. The lowest BCUT2D eigenvalue weighted by molar-refractivity contribution is -0.156. The van der Waals surface area contributed by atoms with Gasteiger partial charge in [0.1, 0.15) is 6.61 Å². The summed E-state index contributed by atoms with van der Waals surface area (Å²) in [5.41, 5.74) is 6.25. The fraction of sp³-hybridized carbons (Fsp3) is 0.286. The molecule has 2 N–H and O–H groups in total. The topological polar surface area (TPSA) is 52.3 Å². The highest BCUT2D eigenvalue weighted by Crippen LogP contribution is 2.30. The third-order valence-electron chi connectivity index (χ3n) is 4.89. The zero-order valence-electron chi connectivity index (χ0n) is 14.4. The van der Waals surface area contributed by atoms with Gasteiger partial charge < -0.3 is 10.5 Å². The normalized spacial score (nSPS) is 13.2. The van der Waals surface area contributed by atoms with Gasteiger partial charge in [-0.3, -0.25) is 4.79 Å². The molecule has 1 unspecified atom stereocenters. The van der Waals surface area contributed by atoms with E-state index >= 15 is 0 Å². The summed E-state index contributed by atoms with van der Waals surface area (Å²) in [4.78, 5) is 12.4. The predicted molar refractivity (Wildman–Crippen MR) is 98.7 cm³/mol. The van der Waals surface area contributed by atoms with Gasteiger partial charge in [-0.15, -0.1) is 0 Å². The van der Waals surface area contributed by atoms with E-state index in [1.165, 1.54) is 0 Å². The molecule has 0 spiro atoms. The van der Waals surface area contributed by atoms with Crippen molar-refractivity contribution in [3.8, 4) is 0 Å². The fourth-order valence-electron chi connectivity index (χ4n) is 2.77. The van der Waals surface area contributed by atoms with Gasteiger partial charge in [0.25, 0.3) is 0 Å². The second-order valence-electron chi connectivity index (χ2n) is 6.88. The van der Waals surface area contributed by atoms with Crippen LogP contribution in [0.25, 0.3) is 21.5 Å². The number of ether oxygens (including phenoxy) is 1. The molecule has 3 aromatic carbocycles. The Morgan fingerprint density at radius 2 is 1.54 bits per heavy atom. The lowest BCUT2D eigenvalue weighted by Gasteiger charge is -2.26. The third-order valence-corrected chi connectivity index (χ3v) is 4.89. The van der Waals surface area contributed by atoms with Crippen LogP contribution in [0.5, 0.6) is 0 Å². The van der Waals surface area contributed by atoms with E-state index in [1.54, 1.807) is 0 Å². The molecule has 3 nitrogen and oxygen atoms in total. The van der Waals surface area contributed by atoms with Gasteiger partial charge in [-0.05, 0) is 48.4 Å². The van der Waals surface area contributed by atoms with Crippen LogP contribution in [0.1, 0.15) is 26.3 Å². The second-order valence-corrected chi connectivity index (χ2v) is 6.88. The Hall–Kier alpha value is -2.39. The van der Waals surface area contributed by atoms with Crippen molar-refractivity contribution in [2.45, 2.75) is 33.4 Å². The average molecular weight is 321 g/mol. The molecule has 3 aromatic rings. The molecule has 0 bridgehead atoms. The van der Waals surface area contributed by atoms with Crippen LogP contribution in [0.4, 0.5) is 0 Å². The number of carbonyl (C=O) groups is 1. The fourth-order valence-corrected chi connectivity index (χ4v) is 2.77. The Labute approximate surface area is 142 Å². The van der Waals surface area contributed by atoms with Gasteiger partial charge in [-0.1, -0.05) is 48.5 Å². The Balaban J connectivity index is 2.03. The SMILES string of the molecule is CC(N)C(C)(C)C(=O)OCc1c2ccccc2cc2ccccc12. The molecule has 0 heterocycles. The number of fused-ring (bicyclic) bond motifs is 2. The van der Waals surface area contributed by atoms with E-state index in [2.05, 4.69) is 30.3 Å². The summed E-state index contributed by atoms with van der Waals surface area (Å²) in [5.74, 6) is -0.269. The van der Waals surface area contributed by atoms with Crippen molar-refractivity contribution in [3.05, 3.63) is 60.2 Å². The van der Waals surface area contributed by atoms with Crippen LogP contribution in [0.3, 0.4) is 0 Å². The number of rotatable bonds is 4. The summed E-state index contributed by atoms with van der Waals surface area (Å²) >= 11 is 0. The molecular weight excluding hydrogens is 298 g/mol. The van der Waals surface area contributed by atoms with Crippen molar-refractivity contribution in [3.63, 3.8) is 0 Å². The van der Waals surface area contributed by atoms with Gasteiger partial charge in [0, 0.05) is 11.6 Å². The van der Waals surface area contributed by atoms with Crippen LogP contribution >= 0.6 is 0 Å². The van der Waals surface area contributed by atoms with Crippen LogP contribution in [-0.2, 0) is 16.1 Å². The standard InChI is InChI=1S/C21H23NO2/c1-14(22)21(2,3)20(23)24-13-19-17-10-6-4-8-15(17)12-16-9-5-7-11-18(16)19/h4-12,14H,13,22H2,1-3H3. The van der Waals surface area contributed by atoms with E-state index in [1.807, 2.05) is 45.0 Å². The molecule has 1 atom stereocenters. The van der Waals surface area contributed by atoms with Gasteiger partial charge >= 0.3 is 5.97 Å². The highest BCUT2D eigenvalue weighted by molar-refractivity contribution is 6.02. The second kappa shape index (κ2) is 6.25. The summed E-state index contributed by atoms with van der Waals surface area (Å²) in [6.45, 7) is 5.72. The Kier molecular flexibility index (Phi) is 4.29. The lowest BCUT2D eigenvalue weighted by atomic mass is 9.86. The molecule has 0 aliphatic rings. The van der Waals surface area contributed by atoms with Crippen LogP contribution in [0.15, 0.2) is 54.6 Å². The van der Waals surface area contributed by atoms with Crippen LogP contribution in [-0.4, -0.2) is 12.0 Å². The number of carbonyl (C=O) groups excluding carboxylic acids is 1. The Bertz CT molecular complexity index is 843. The van der Waals surface area contributed by atoms with Crippen molar-refractivity contribution in [2.75, 3.05) is 0 Å². The first-order valence-electron chi connectivity index (χ1n) is 8.23. The van der Waals surface area contributed by atoms with Crippen LogP contribution in [0, 0.1) is 5.41 Å². The number of hydrogen-bond acceptors (Lipinski definition) is 3. The van der Waals surface area contributed by atoms with Crippen LogP contribution in [0.2, 0.25) is 0 Å². The minimum Gasteiger partial charge on any atom is -0.460 e.